The van der Waals surface area contributed by atoms with Crippen LogP contribution < -0.4 is 5.32 Å². The highest BCUT2D eigenvalue weighted by atomic mass is 19.1. The summed E-state index contributed by atoms with van der Waals surface area (Å²) in [5.41, 5.74) is 1.67. The van der Waals surface area contributed by atoms with Crippen LogP contribution in [0.25, 0.3) is 0 Å². The van der Waals surface area contributed by atoms with E-state index in [1.54, 1.807) is 25.1 Å². The summed E-state index contributed by atoms with van der Waals surface area (Å²) in [5.74, 6) is -0.529. The number of carbonyl (C=O) groups is 1. The normalized spacial score (nSPS) is 11.4. The molecule has 0 saturated carbocycles. The summed E-state index contributed by atoms with van der Waals surface area (Å²) < 4.78 is 17.2. The molecule has 1 rings (SSSR count). The highest BCUT2D eigenvalue weighted by Crippen LogP contribution is 2.02. The monoisotopic (exact) mass is 251 g/mol. The molecule has 0 aliphatic rings. The van der Waals surface area contributed by atoms with E-state index in [1.165, 1.54) is 19.2 Å². The second kappa shape index (κ2) is 7.61. The van der Waals surface area contributed by atoms with Crippen molar-refractivity contribution in [1.82, 2.24) is 5.32 Å². The number of halogens is 1. The molecule has 0 heterocycles. The fourth-order valence-corrected chi connectivity index (χ4v) is 1.46. The Morgan fingerprint density at radius 2 is 2.06 bits per heavy atom. The van der Waals surface area contributed by atoms with E-state index < -0.39 is 0 Å². The van der Waals surface area contributed by atoms with E-state index >= 15 is 0 Å². The first kappa shape index (κ1) is 14.4. The number of methoxy groups -OCH3 is 1. The maximum absolute atomic E-state index is 12.7. The number of hydrogen-bond acceptors (Lipinski definition) is 3. The van der Waals surface area contributed by atoms with Gasteiger partial charge in [0.05, 0.1) is 7.11 Å². The zero-order valence-electron chi connectivity index (χ0n) is 10.7. The topological polar surface area (TPSA) is 38.3 Å². The molecule has 0 amide bonds. The maximum Gasteiger partial charge on any atom is 0.333 e. The second-order valence-corrected chi connectivity index (χ2v) is 3.96. The Bertz CT molecular complexity index is 412. The Morgan fingerprint density at radius 1 is 1.39 bits per heavy atom. The summed E-state index contributed by atoms with van der Waals surface area (Å²) in [6.07, 6.45) is 2.61. The van der Waals surface area contributed by atoms with Crippen molar-refractivity contribution in [3.05, 3.63) is 47.3 Å². The lowest BCUT2D eigenvalue weighted by molar-refractivity contribution is -0.136. The molecule has 3 nitrogen and oxygen atoms in total. The van der Waals surface area contributed by atoms with Gasteiger partial charge in [-0.3, -0.25) is 0 Å². The minimum absolute atomic E-state index is 0.219. The Hall–Kier alpha value is -1.68. The smallest absolute Gasteiger partial charge is 0.333 e. The lowest BCUT2D eigenvalue weighted by Crippen LogP contribution is -2.18. The Kier molecular flexibility index (Phi) is 6.08. The van der Waals surface area contributed by atoms with Gasteiger partial charge in [0, 0.05) is 12.1 Å². The highest BCUT2D eigenvalue weighted by molar-refractivity contribution is 5.87. The number of nitrogens with one attached hydrogen (secondary N) is 1. The van der Waals surface area contributed by atoms with E-state index in [0.717, 1.165) is 18.5 Å². The van der Waals surface area contributed by atoms with Crippen molar-refractivity contribution in [1.29, 1.82) is 0 Å². The minimum Gasteiger partial charge on any atom is -0.466 e. The number of esters is 1. The maximum atomic E-state index is 12.7. The molecule has 98 valence electrons. The molecule has 4 heteroatoms. The van der Waals surface area contributed by atoms with E-state index in [0.29, 0.717) is 12.1 Å². The van der Waals surface area contributed by atoms with E-state index in [1.807, 2.05) is 0 Å². The van der Waals surface area contributed by atoms with Crippen LogP contribution in [0.2, 0.25) is 0 Å². The predicted octanol–water partition coefficient (Wildman–Crippen LogP) is 2.08. The summed E-state index contributed by atoms with van der Waals surface area (Å²) in [4.78, 5) is 11.1. The van der Waals surface area contributed by atoms with Gasteiger partial charge in [-0.2, -0.15) is 0 Å². The van der Waals surface area contributed by atoms with Crippen molar-refractivity contribution >= 4 is 5.97 Å². The molecule has 1 aromatic carbocycles. The average Bonchev–Trinajstić information content (AvgIpc) is 2.39. The SMILES string of the molecule is COC(=O)/C(C)=C/CNCCc1ccc(F)cc1. The van der Waals surface area contributed by atoms with Crippen molar-refractivity contribution in [2.24, 2.45) is 0 Å². The van der Waals surface area contributed by atoms with Gasteiger partial charge in [0.2, 0.25) is 0 Å². The van der Waals surface area contributed by atoms with E-state index in [9.17, 15) is 9.18 Å². The molecule has 0 bridgehead atoms. The van der Waals surface area contributed by atoms with Gasteiger partial charge in [0.1, 0.15) is 5.82 Å². The van der Waals surface area contributed by atoms with Gasteiger partial charge < -0.3 is 10.1 Å². The van der Waals surface area contributed by atoms with Crippen LogP contribution in [-0.2, 0) is 16.0 Å². The van der Waals surface area contributed by atoms with Crippen molar-refractivity contribution in [3.8, 4) is 0 Å². The molecule has 0 aromatic heterocycles. The van der Waals surface area contributed by atoms with Crippen LogP contribution in [0.5, 0.6) is 0 Å². The van der Waals surface area contributed by atoms with E-state index in [4.69, 9.17) is 0 Å². The van der Waals surface area contributed by atoms with Crippen LogP contribution in [0, 0.1) is 5.82 Å². The molecular formula is C14H18FNO2. The summed E-state index contributed by atoms with van der Waals surface area (Å²) in [7, 11) is 1.36. The molecule has 0 fully saturated rings. The van der Waals surface area contributed by atoms with Crippen LogP contribution in [-0.4, -0.2) is 26.2 Å². The predicted molar refractivity (Wildman–Crippen MR) is 68.7 cm³/mol. The third kappa shape index (κ3) is 5.10. The first-order chi connectivity index (χ1) is 8.63. The summed E-state index contributed by atoms with van der Waals surface area (Å²) >= 11 is 0. The zero-order valence-corrected chi connectivity index (χ0v) is 10.7. The third-order valence-electron chi connectivity index (χ3n) is 2.56. The fraction of sp³-hybridized carbons (Fsp3) is 0.357. The highest BCUT2D eigenvalue weighted by Gasteiger charge is 2.01. The van der Waals surface area contributed by atoms with Crippen LogP contribution in [0.4, 0.5) is 4.39 Å². The molecule has 0 radical (unpaired) electrons. The van der Waals surface area contributed by atoms with Gasteiger partial charge in [-0.15, -0.1) is 0 Å². The Morgan fingerprint density at radius 3 is 2.67 bits per heavy atom. The molecular weight excluding hydrogens is 233 g/mol. The number of hydrogen-bond donors (Lipinski definition) is 1. The third-order valence-corrected chi connectivity index (χ3v) is 2.56. The molecule has 0 saturated heterocycles. The van der Waals surface area contributed by atoms with Crippen LogP contribution >= 0.6 is 0 Å². The number of benzene rings is 1. The van der Waals surface area contributed by atoms with E-state index in [2.05, 4.69) is 10.1 Å². The largest absolute Gasteiger partial charge is 0.466 e. The van der Waals surface area contributed by atoms with Crippen molar-refractivity contribution in [3.63, 3.8) is 0 Å². The summed E-state index contributed by atoms with van der Waals surface area (Å²) in [5, 5.41) is 3.18. The second-order valence-electron chi connectivity index (χ2n) is 3.96. The quantitative estimate of drug-likeness (QED) is 0.478. The molecule has 1 N–H and O–H groups in total. The molecule has 0 aliphatic heterocycles. The standard InChI is InChI=1S/C14H18FNO2/c1-11(14(17)18-2)7-9-16-10-8-12-3-5-13(15)6-4-12/h3-7,16H,8-10H2,1-2H3/b11-7+. The zero-order chi connectivity index (χ0) is 13.4. The van der Waals surface area contributed by atoms with Crippen LogP contribution in [0.15, 0.2) is 35.9 Å². The first-order valence-corrected chi connectivity index (χ1v) is 5.83. The van der Waals surface area contributed by atoms with Crippen molar-refractivity contribution in [2.75, 3.05) is 20.2 Å². The fourth-order valence-electron chi connectivity index (χ4n) is 1.46. The molecule has 0 spiro atoms. The van der Waals surface area contributed by atoms with E-state index in [-0.39, 0.29) is 11.8 Å². The average molecular weight is 251 g/mol. The number of ether oxygens (including phenoxy) is 1. The van der Waals surface area contributed by atoms with Crippen molar-refractivity contribution in [2.45, 2.75) is 13.3 Å². The van der Waals surface area contributed by atoms with Gasteiger partial charge >= 0.3 is 5.97 Å². The summed E-state index contributed by atoms with van der Waals surface area (Å²) in [6, 6.07) is 6.45. The lowest BCUT2D eigenvalue weighted by atomic mass is 10.1. The number of rotatable bonds is 6. The van der Waals surface area contributed by atoms with Gasteiger partial charge in [0.15, 0.2) is 0 Å². The molecule has 18 heavy (non-hydrogen) atoms. The van der Waals surface area contributed by atoms with Gasteiger partial charge in [-0.25, -0.2) is 9.18 Å². The first-order valence-electron chi connectivity index (χ1n) is 5.83. The Labute approximate surface area is 107 Å². The van der Waals surface area contributed by atoms with Crippen LogP contribution in [0.3, 0.4) is 0 Å². The van der Waals surface area contributed by atoms with Crippen LogP contribution in [0.1, 0.15) is 12.5 Å². The Balaban J connectivity index is 2.23. The summed E-state index contributed by atoms with van der Waals surface area (Å²) in [6.45, 7) is 3.10. The molecule has 1 aromatic rings. The number of carbonyl (C=O) groups excluding carboxylic acids is 1. The lowest BCUT2D eigenvalue weighted by Gasteiger charge is -2.03. The molecule has 0 aliphatic carbocycles. The molecule has 0 unspecified atom stereocenters. The molecule has 0 atom stereocenters. The van der Waals surface area contributed by atoms with Gasteiger partial charge in [-0.1, -0.05) is 18.2 Å². The van der Waals surface area contributed by atoms with Gasteiger partial charge in [0.25, 0.3) is 0 Å². The van der Waals surface area contributed by atoms with Gasteiger partial charge in [-0.05, 0) is 37.6 Å². The minimum atomic E-state index is -0.310. The van der Waals surface area contributed by atoms with Crippen molar-refractivity contribution < 1.29 is 13.9 Å².